The van der Waals surface area contributed by atoms with Gasteiger partial charge >= 0.3 is 0 Å². The lowest BCUT2D eigenvalue weighted by molar-refractivity contribution is -0.120. The van der Waals surface area contributed by atoms with E-state index in [0.29, 0.717) is 5.56 Å². The first-order valence-electron chi connectivity index (χ1n) is 5.47. The zero-order chi connectivity index (χ0) is 13.5. The first-order chi connectivity index (χ1) is 8.49. The number of amides is 2. The minimum Gasteiger partial charge on any atom is -0.392 e. The maximum atomic E-state index is 11.7. The molecule has 1 atom stereocenters. The molecule has 98 valence electrons. The first kappa shape index (κ1) is 14.7. The van der Waals surface area contributed by atoms with Gasteiger partial charge < -0.3 is 15.7 Å². The van der Waals surface area contributed by atoms with Crippen LogP contribution in [0.4, 0.5) is 0 Å². The molecular weight excluding hydrogens is 300 g/mol. The molecule has 18 heavy (non-hydrogen) atoms. The second kappa shape index (κ2) is 7.13. The molecule has 0 aliphatic rings. The molecule has 0 heterocycles. The third-order valence-corrected chi connectivity index (χ3v) is 2.58. The average Bonchev–Trinajstić information content (AvgIpc) is 2.33. The summed E-state index contributed by atoms with van der Waals surface area (Å²) in [6.07, 6.45) is -0.602. The molecule has 0 aliphatic carbocycles. The lowest BCUT2D eigenvalue weighted by Crippen LogP contribution is -2.39. The topological polar surface area (TPSA) is 78.4 Å². The lowest BCUT2D eigenvalue weighted by Gasteiger charge is -2.08. The summed E-state index contributed by atoms with van der Waals surface area (Å²) in [5, 5.41) is 14.0. The number of aliphatic hydroxyl groups is 1. The van der Waals surface area contributed by atoms with Crippen LogP contribution in [0.5, 0.6) is 0 Å². The highest BCUT2D eigenvalue weighted by Gasteiger charge is 2.08. The molecule has 3 N–H and O–H groups in total. The summed E-state index contributed by atoms with van der Waals surface area (Å²) in [7, 11) is 0. The van der Waals surface area contributed by atoms with Crippen LogP contribution in [-0.2, 0) is 4.79 Å². The Balaban J connectivity index is 2.39. The fourth-order valence-corrected chi connectivity index (χ4v) is 1.62. The van der Waals surface area contributed by atoms with E-state index in [2.05, 4.69) is 26.6 Å². The Labute approximate surface area is 114 Å². The number of carbonyl (C=O) groups excluding carboxylic acids is 2. The molecule has 0 aliphatic heterocycles. The zero-order valence-corrected chi connectivity index (χ0v) is 11.5. The molecule has 0 saturated carbocycles. The van der Waals surface area contributed by atoms with Crippen molar-refractivity contribution in [2.24, 2.45) is 0 Å². The van der Waals surface area contributed by atoms with Crippen LogP contribution in [0.3, 0.4) is 0 Å². The number of hydrogen-bond donors (Lipinski definition) is 3. The van der Waals surface area contributed by atoms with Gasteiger partial charge in [0.05, 0.1) is 12.6 Å². The van der Waals surface area contributed by atoms with Crippen LogP contribution in [0, 0.1) is 0 Å². The van der Waals surface area contributed by atoms with Crippen molar-refractivity contribution >= 4 is 27.7 Å². The van der Waals surface area contributed by atoms with Crippen molar-refractivity contribution in [1.82, 2.24) is 10.6 Å². The van der Waals surface area contributed by atoms with Gasteiger partial charge in [0, 0.05) is 16.6 Å². The molecule has 6 heteroatoms. The summed E-state index contributed by atoms with van der Waals surface area (Å²) in [4.78, 5) is 23.0. The zero-order valence-electron chi connectivity index (χ0n) is 9.94. The van der Waals surface area contributed by atoms with Crippen LogP contribution >= 0.6 is 15.9 Å². The molecule has 0 saturated heterocycles. The molecular formula is C12H15BrN2O3. The van der Waals surface area contributed by atoms with E-state index < -0.39 is 6.10 Å². The molecule has 0 bridgehead atoms. The largest absolute Gasteiger partial charge is 0.392 e. The maximum Gasteiger partial charge on any atom is 0.251 e. The summed E-state index contributed by atoms with van der Waals surface area (Å²) in [5.74, 6) is -0.650. The number of aliphatic hydroxyl groups excluding tert-OH is 1. The molecule has 0 fully saturated rings. The number of nitrogens with one attached hydrogen (secondary N) is 2. The van der Waals surface area contributed by atoms with Crippen LogP contribution in [0.1, 0.15) is 17.3 Å². The van der Waals surface area contributed by atoms with Crippen molar-refractivity contribution in [2.45, 2.75) is 13.0 Å². The van der Waals surface area contributed by atoms with Gasteiger partial charge in [0.2, 0.25) is 5.91 Å². The summed E-state index contributed by atoms with van der Waals surface area (Å²) in [6.45, 7) is 1.63. The van der Waals surface area contributed by atoms with E-state index in [0.717, 1.165) is 4.47 Å². The summed E-state index contributed by atoms with van der Waals surface area (Å²) < 4.78 is 0.800. The van der Waals surface area contributed by atoms with Gasteiger partial charge in [0.15, 0.2) is 0 Å². The van der Waals surface area contributed by atoms with Gasteiger partial charge in [-0.15, -0.1) is 0 Å². The summed E-state index contributed by atoms with van der Waals surface area (Å²) in [6, 6.07) is 6.88. The number of carbonyl (C=O) groups is 2. The van der Waals surface area contributed by atoms with Crippen molar-refractivity contribution in [3.05, 3.63) is 34.3 Å². The Hall–Kier alpha value is -1.40. The van der Waals surface area contributed by atoms with Gasteiger partial charge in [0.25, 0.3) is 5.91 Å². The van der Waals surface area contributed by atoms with E-state index in [-0.39, 0.29) is 24.9 Å². The van der Waals surface area contributed by atoms with Gasteiger partial charge in [-0.3, -0.25) is 9.59 Å². The highest BCUT2D eigenvalue weighted by atomic mass is 79.9. The van der Waals surface area contributed by atoms with E-state index in [1.807, 2.05) is 6.07 Å². The Morgan fingerprint density at radius 3 is 2.72 bits per heavy atom. The third-order valence-electron chi connectivity index (χ3n) is 2.09. The summed E-state index contributed by atoms with van der Waals surface area (Å²) in [5.41, 5.74) is 0.479. The van der Waals surface area contributed by atoms with Crippen LogP contribution in [0.15, 0.2) is 28.7 Å². The monoisotopic (exact) mass is 314 g/mol. The highest BCUT2D eigenvalue weighted by Crippen LogP contribution is 2.11. The molecule has 0 radical (unpaired) electrons. The molecule has 0 unspecified atom stereocenters. The van der Waals surface area contributed by atoms with Crippen molar-refractivity contribution in [2.75, 3.05) is 13.1 Å². The average molecular weight is 315 g/mol. The second-order valence-electron chi connectivity index (χ2n) is 3.85. The van der Waals surface area contributed by atoms with Crippen molar-refractivity contribution in [1.29, 1.82) is 0 Å². The van der Waals surface area contributed by atoms with E-state index in [1.165, 1.54) is 0 Å². The van der Waals surface area contributed by atoms with Crippen molar-refractivity contribution in [3.63, 3.8) is 0 Å². The molecule has 0 spiro atoms. The minimum absolute atomic E-state index is 0.113. The molecule has 2 amide bonds. The fourth-order valence-electron chi connectivity index (χ4n) is 1.22. The SMILES string of the molecule is C[C@H](O)CNC(=O)CNC(=O)c1cccc(Br)c1. The third kappa shape index (κ3) is 5.29. The molecule has 1 aromatic rings. The van der Waals surface area contributed by atoms with Crippen LogP contribution < -0.4 is 10.6 Å². The van der Waals surface area contributed by atoms with E-state index in [9.17, 15) is 9.59 Å². The number of rotatable bonds is 5. The second-order valence-corrected chi connectivity index (χ2v) is 4.76. The van der Waals surface area contributed by atoms with Gasteiger partial charge in [-0.1, -0.05) is 22.0 Å². The fraction of sp³-hybridized carbons (Fsp3) is 0.333. The highest BCUT2D eigenvalue weighted by molar-refractivity contribution is 9.10. The smallest absolute Gasteiger partial charge is 0.251 e. The number of halogens is 1. The normalized spacial score (nSPS) is 11.7. The Morgan fingerprint density at radius 2 is 2.11 bits per heavy atom. The Kier molecular flexibility index (Phi) is 5.80. The van der Waals surface area contributed by atoms with Gasteiger partial charge in [0.1, 0.15) is 0 Å². The predicted octanol–water partition coefficient (Wildman–Crippen LogP) is 0.676. The standard InChI is InChI=1S/C12H15BrN2O3/c1-8(16)6-14-11(17)7-15-12(18)9-3-2-4-10(13)5-9/h2-5,8,16H,6-7H2,1H3,(H,14,17)(H,15,18)/t8-/m0/s1. The molecule has 1 rings (SSSR count). The van der Waals surface area contributed by atoms with Gasteiger partial charge in [-0.25, -0.2) is 0 Å². The minimum atomic E-state index is -0.602. The number of hydrogen-bond acceptors (Lipinski definition) is 3. The molecule has 5 nitrogen and oxygen atoms in total. The maximum absolute atomic E-state index is 11.7. The van der Waals surface area contributed by atoms with Crippen LogP contribution in [0.2, 0.25) is 0 Å². The van der Waals surface area contributed by atoms with Crippen LogP contribution in [-0.4, -0.2) is 36.1 Å². The van der Waals surface area contributed by atoms with E-state index in [4.69, 9.17) is 5.11 Å². The quantitative estimate of drug-likeness (QED) is 0.747. The Bertz CT molecular complexity index is 435. The van der Waals surface area contributed by atoms with E-state index >= 15 is 0 Å². The van der Waals surface area contributed by atoms with Crippen LogP contribution in [0.25, 0.3) is 0 Å². The molecule has 1 aromatic carbocycles. The van der Waals surface area contributed by atoms with E-state index in [1.54, 1.807) is 25.1 Å². The number of benzene rings is 1. The van der Waals surface area contributed by atoms with Crippen molar-refractivity contribution in [3.8, 4) is 0 Å². The van der Waals surface area contributed by atoms with Gasteiger partial charge in [-0.2, -0.15) is 0 Å². The predicted molar refractivity (Wildman–Crippen MR) is 71.2 cm³/mol. The van der Waals surface area contributed by atoms with Gasteiger partial charge in [-0.05, 0) is 25.1 Å². The first-order valence-corrected chi connectivity index (χ1v) is 6.27. The van der Waals surface area contributed by atoms with Crippen molar-refractivity contribution < 1.29 is 14.7 Å². The molecule has 0 aromatic heterocycles. The Morgan fingerprint density at radius 1 is 1.39 bits per heavy atom. The summed E-state index contributed by atoms with van der Waals surface area (Å²) >= 11 is 3.26. The lowest BCUT2D eigenvalue weighted by atomic mass is 10.2.